The second kappa shape index (κ2) is 5.31. The van der Waals surface area contributed by atoms with Gasteiger partial charge in [0.05, 0.1) is 0 Å². The molecule has 2 heteroatoms. The molecule has 1 N–H and O–H groups in total. The average Bonchev–Trinajstić information content (AvgIpc) is 2.17. The van der Waals surface area contributed by atoms with E-state index in [1.807, 2.05) is 0 Å². The molecule has 1 saturated carbocycles. The van der Waals surface area contributed by atoms with E-state index < -0.39 is 0 Å². The van der Waals surface area contributed by atoms with Crippen molar-refractivity contribution in [3.63, 3.8) is 0 Å². The zero-order valence-electron chi connectivity index (χ0n) is 10.1. The minimum Gasteiger partial charge on any atom is -0.381 e. The monoisotopic (exact) mass is 211 g/mol. The van der Waals surface area contributed by atoms with Crippen LogP contribution in [-0.2, 0) is 4.74 Å². The third-order valence-electron chi connectivity index (χ3n) is 4.36. The summed E-state index contributed by atoms with van der Waals surface area (Å²) in [5.41, 5.74) is 0.589. The van der Waals surface area contributed by atoms with E-state index in [4.69, 9.17) is 4.74 Å². The van der Waals surface area contributed by atoms with Gasteiger partial charge in [-0.05, 0) is 50.0 Å². The zero-order valence-corrected chi connectivity index (χ0v) is 10.1. The first-order chi connectivity index (χ1) is 7.37. The van der Waals surface area contributed by atoms with Crippen molar-refractivity contribution in [1.82, 2.24) is 5.32 Å². The molecule has 0 aromatic carbocycles. The molecule has 0 aromatic rings. The Morgan fingerprint density at radius 1 is 1.27 bits per heavy atom. The van der Waals surface area contributed by atoms with Crippen molar-refractivity contribution in [2.24, 2.45) is 11.3 Å². The Morgan fingerprint density at radius 2 is 2.00 bits per heavy atom. The lowest BCUT2D eigenvalue weighted by Gasteiger charge is -2.48. The van der Waals surface area contributed by atoms with Crippen molar-refractivity contribution < 1.29 is 4.74 Å². The Morgan fingerprint density at radius 3 is 2.53 bits per heavy atom. The molecule has 1 aliphatic heterocycles. The van der Waals surface area contributed by atoms with Gasteiger partial charge in [-0.3, -0.25) is 0 Å². The standard InChI is InChI=1S/C13H25NO/c1-2-8-14-11-13(12-4-3-5-12)6-9-15-10-7-13/h12,14H,2-11H2,1H3. The Balaban J connectivity index is 1.88. The largest absolute Gasteiger partial charge is 0.381 e. The molecule has 2 rings (SSSR count). The van der Waals surface area contributed by atoms with Gasteiger partial charge in [0.15, 0.2) is 0 Å². The molecule has 0 aromatic heterocycles. The van der Waals surface area contributed by atoms with Gasteiger partial charge < -0.3 is 10.1 Å². The highest BCUT2D eigenvalue weighted by molar-refractivity contribution is 4.93. The maximum Gasteiger partial charge on any atom is 0.0471 e. The van der Waals surface area contributed by atoms with E-state index in [0.29, 0.717) is 5.41 Å². The van der Waals surface area contributed by atoms with Gasteiger partial charge in [0.1, 0.15) is 0 Å². The molecule has 0 atom stereocenters. The van der Waals surface area contributed by atoms with E-state index in [-0.39, 0.29) is 0 Å². The summed E-state index contributed by atoms with van der Waals surface area (Å²) in [6.07, 6.45) is 8.21. The molecule has 88 valence electrons. The quantitative estimate of drug-likeness (QED) is 0.706. The highest BCUT2D eigenvalue weighted by atomic mass is 16.5. The van der Waals surface area contributed by atoms with Gasteiger partial charge >= 0.3 is 0 Å². The van der Waals surface area contributed by atoms with Crippen LogP contribution in [0.25, 0.3) is 0 Å². The van der Waals surface area contributed by atoms with E-state index in [2.05, 4.69) is 12.2 Å². The maximum atomic E-state index is 5.52. The first kappa shape index (κ1) is 11.4. The summed E-state index contributed by atoms with van der Waals surface area (Å²) in [6, 6.07) is 0. The molecule has 15 heavy (non-hydrogen) atoms. The summed E-state index contributed by atoms with van der Waals surface area (Å²) in [5.74, 6) is 0.991. The lowest BCUT2D eigenvalue weighted by atomic mass is 9.61. The summed E-state index contributed by atoms with van der Waals surface area (Å²) in [7, 11) is 0. The van der Waals surface area contributed by atoms with Gasteiger partial charge in [-0.25, -0.2) is 0 Å². The second-order valence-corrected chi connectivity index (χ2v) is 5.28. The van der Waals surface area contributed by atoms with Gasteiger partial charge in [-0.15, -0.1) is 0 Å². The number of ether oxygens (including phenoxy) is 1. The molecule has 0 bridgehead atoms. The van der Waals surface area contributed by atoms with E-state index in [1.165, 1.54) is 51.6 Å². The minimum absolute atomic E-state index is 0.589. The Bertz CT molecular complexity index is 183. The summed E-state index contributed by atoms with van der Waals surface area (Å²) < 4.78 is 5.52. The van der Waals surface area contributed by atoms with Crippen LogP contribution >= 0.6 is 0 Å². The fraction of sp³-hybridized carbons (Fsp3) is 1.00. The number of hydrogen-bond acceptors (Lipinski definition) is 2. The lowest BCUT2D eigenvalue weighted by Crippen LogP contribution is -2.47. The predicted molar refractivity (Wildman–Crippen MR) is 63.0 cm³/mol. The predicted octanol–water partition coefficient (Wildman–Crippen LogP) is 2.58. The molecule has 0 unspecified atom stereocenters. The molecular formula is C13H25NO. The molecule has 1 heterocycles. The van der Waals surface area contributed by atoms with E-state index in [0.717, 1.165) is 19.1 Å². The van der Waals surface area contributed by atoms with Crippen molar-refractivity contribution >= 4 is 0 Å². The van der Waals surface area contributed by atoms with Gasteiger partial charge in [0.2, 0.25) is 0 Å². The zero-order chi connectivity index (χ0) is 10.6. The molecule has 0 radical (unpaired) electrons. The van der Waals surface area contributed by atoms with Crippen LogP contribution in [-0.4, -0.2) is 26.3 Å². The number of rotatable bonds is 5. The van der Waals surface area contributed by atoms with Crippen LogP contribution in [0.4, 0.5) is 0 Å². The highest BCUT2D eigenvalue weighted by Crippen LogP contribution is 2.47. The van der Waals surface area contributed by atoms with Crippen LogP contribution < -0.4 is 5.32 Å². The lowest BCUT2D eigenvalue weighted by molar-refractivity contribution is -0.0403. The van der Waals surface area contributed by atoms with Crippen LogP contribution in [0.2, 0.25) is 0 Å². The van der Waals surface area contributed by atoms with Crippen molar-refractivity contribution in [1.29, 1.82) is 0 Å². The van der Waals surface area contributed by atoms with E-state index in [9.17, 15) is 0 Å². The smallest absolute Gasteiger partial charge is 0.0471 e. The topological polar surface area (TPSA) is 21.3 Å². The van der Waals surface area contributed by atoms with Crippen molar-refractivity contribution in [3.05, 3.63) is 0 Å². The number of nitrogens with one attached hydrogen (secondary N) is 1. The third-order valence-corrected chi connectivity index (χ3v) is 4.36. The Labute approximate surface area is 93.8 Å². The van der Waals surface area contributed by atoms with Crippen LogP contribution in [0, 0.1) is 11.3 Å². The van der Waals surface area contributed by atoms with Crippen LogP contribution in [0.5, 0.6) is 0 Å². The second-order valence-electron chi connectivity index (χ2n) is 5.28. The molecular weight excluding hydrogens is 186 g/mol. The van der Waals surface area contributed by atoms with Gasteiger partial charge in [0, 0.05) is 19.8 Å². The molecule has 1 aliphatic carbocycles. The average molecular weight is 211 g/mol. The summed E-state index contributed by atoms with van der Waals surface area (Å²) in [6.45, 7) is 6.63. The normalized spacial score (nSPS) is 26.2. The molecule has 0 spiro atoms. The van der Waals surface area contributed by atoms with Crippen molar-refractivity contribution in [2.45, 2.75) is 45.4 Å². The fourth-order valence-electron chi connectivity index (χ4n) is 3.04. The summed E-state index contributed by atoms with van der Waals surface area (Å²) in [5, 5.41) is 3.64. The summed E-state index contributed by atoms with van der Waals surface area (Å²) >= 11 is 0. The maximum absolute atomic E-state index is 5.52. The van der Waals surface area contributed by atoms with Gasteiger partial charge in [-0.1, -0.05) is 13.3 Å². The number of hydrogen-bond donors (Lipinski definition) is 1. The van der Waals surface area contributed by atoms with Crippen molar-refractivity contribution in [2.75, 3.05) is 26.3 Å². The first-order valence-corrected chi connectivity index (χ1v) is 6.66. The molecule has 1 saturated heterocycles. The molecule has 2 nitrogen and oxygen atoms in total. The van der Waals surface area contributed by atoms with Gasteiger partial charge in [0.25, 0.3) is 0 Å². The molecule has 2 aliphatic rings. The van der Waals surface area contributed by atoms with Crippen LogP contribution in [0.15, 0.2) is 0 Å². The van der Waals surface area contributed by atoms with E-state index >= 15 is 0 Å². The van der Waals surface area contributed by atoms with Crippen LogP contribution in [0.1, 0.15) is 45.4 Å². The Kier molecular flexibility index (Phi) is 4.04. The van der Waals surface area contributed by atoms with Crippen LogP contribution in [0.3, 0.4) is 0 Å². The van der Waals surface area contributed by atoms with Gasteiger partial charge in [-0.2, -0.15) is 0 Å². The summed E-state index contributed by atoms with van der Waals surface area (Å²) in [4.78, 5) is 0. The minimum atomic E-state index is 0.589. The Hall–Kier alpha value is -0.0800. The van der Waals surface area contributed by atoms with E-state index in [1.54, 1.807) is 0 Å². The van der Waals surface area contributed by atoms with Crippen molar-refractivity contribution in [3.8, 4) is 0 Å². The molecule has 0 amide bonds. The highest BCUT2D eigenvalue weighted by Gasteiger charge is 2.42. The SMILES string of the molecule is CCCNCC1(C2CCC2)CCOCC1. The molecule has 2 fully saturated rings. The fourth-order valence-corrected chi connectivity index (χ4v) is 3.04. The first-order valence-electron chi connectivity index (χ1n) is 6.66. The third kappa shape index (κ3) is 2.54.